The fraction of sp³-hybridized carbons (Fsp3) is 0.462. The maximum atomic E-state index is 11.8. The van der Waals surface area contributed by atoms with Gasteiger partial charge in [0, 0.05) is 11.6 Å². The van der Waals surface area contributed by atoms with Crippen LogP contribution in [0.25, 0.3) is 0 Å². The summed E-state index contributed by atoms with van der Waals surface area (Å²) in [5.74, 6) is 0.193. The van der Waals surface area contributed by atoms with E-state index in [1.807, 2.05) is 37.4 Å². The van der Waals surface area contributed by atoms with Gasteiger partial charge in [-0.05, 0) is 20.4 Å². The molecule has 0 aromatic heterocycles. The van der Waals surface area contributed by atoms with Gasteiger partial charge in [-0.1, -0.05) is 37.3 Å². The van der Waals surface area contributed by atoms with E-state index in [1.54, 1.807) is 0 Å². The van der Waals surface area contributed by atoms with Crippen molar-refractivity contribution in [2.45, 2.75) is 26.3 Å². The zero-order valence-electron chi connectivity index (χ0n) is 9.73. The minimum absolute atomic E-state index is 0.193. The lowest BCUT2D eigenvalue weighted by Crippen LogP contribution is -2.33. The minimum atomic E-state index is 0.193. The number of Topliss-reactive ketones (excluding diaryl/α,β-unsaturated/α-hetero) is 1. The van der Waals surface area contributed by atoms with Crippen molar-refractivity contribution in [3.63, 3.8) is 0 Å². The first-order valence-electron chi connectivity index (χ1n) is 5.43. The van der Waals surface area contributed by atoms with Crippen LogP contribution in [0, 0.1) is 0 Å². The summed E-state index contributed by atoms with van der Waals surface area (Å²) in [4.78, 5) is 13.9. The highest BCUT2D eigenvalue weighted by molar-refractivity contribution is 5.97. The summed E-state index contributed by atoms with van der Waals surface area (Å²) in [6, 6.07) is 9.92. The SMILES string of the molecule is CCC(C)N(C)CC(=O)c1ccccc1. The monoisotopic (exact) mass is 205 g/mol. The number of hydrogen-bond donors (Lipinski definition) is 0. The minimum Gasteiger partial charge on any atom is -0.296 e. The van der Waals surface area contributed by atoms with Crippen molar-refractivity contribution in [3.8, 4) is 0 Å². The molecule has 1 aromatic rings. The molecule has 0 amide bonds. The Morgan fingerprint density at radius 1 is 1.33 bits per heavy atom. The van der Waals surface area contributed by atoms with Gasteiger partial charge in [0.1, 0.15) is 0 Å². The molecular weight excluding hydrogens is 186 g/mol. The van der Waals surface area contributed by atoms with Crippen LogP contribution in [0.5, 0.6) is 0 Å². The van der Waals surface area contributed by atoms with Gasteiger partial charge in [0.2, 0.25) is 0 Å². The molecule has 0 fully saturated rings. The molecule has 2 heteroatoms. The van der Waals surface area contributed by atoms with Crippen molar-refractivity contribution in [3.05, 3.63) is 35.9 Å². The number of benzene rings is 1. The molecule has 0 heterocycles. The van der Waals surface area contributed by atoms with Gasteiger partial charge in [-0.25, -0.2) is 0 Å². The Morgan fingerprint density at radius 2 is 1.93 bits per heavy atom. The maximum Gasteiger partial charge on any atom is 0.176 e. The highest BCUT2D eigenvalue weighted by atomic mass is 16.1. The Kier molecular flexibility index (Phi) is 4.50. The molecule has 0 saturated heterocycles. The van der Waals surface area contributed by atoms with Gasteiger partial charge in [0.05, 0.1) is 6.54 Å². The summed E-state index contributed by atoms with van der Waals surface area (Å²) < 4.78 is 0. The average Bonchev–Trinajstić information content (AvgIpc) is 2.29. The third kappa shape index (κ3) is 3.48. The van der Waals surface area contributed by atoms with E-state index in [2.05, 4.69) is 18.7 Å². The van der Waals surface area contributed by atoms with E-state index in [0.29, 0.717) is 12.6 Å². The largest absolute Gasteiger partial charge is 0.296 e. The van der Waals surface area contributed by atoms with Crippen LogP contribution in [0.15, 0.2) is 30.3 Å². The number of carbonyl (C=O) groups excluding carboxylic acids is 1. The van der Waals surface area contributed by atoms with Crippen molar-refractivity contribution in [1.29, 1.82) is 0 Å². The van der Waals surface area contributed by atoms with Crippen molar-refractivity contribution >= 4 is 5.78 Å². The van der Waals surface area contributed by atoms with E-state index in [4.69, 9.17) is 0 Å². The molecule has 2 nitrogen and oxygen atoms in total. The number of rotatable bonds is 5. The first-order chi connectivity index (χ1) is 7.15. The average molecular weight is 205 g/mol. The van der Waals surface area contributed by atoms with E-state index in [1.165, 1.54) is 0 Å². The lowest BCUT2D eigenvalue weighted by Gasteiger charge is -2.22. The number of ketones is 1. The first kappa shape index (κ1) is 11.9. The Hall–Kier alpha value is -1.15. The fourth-order valence-corrected chi connectivity index (χ4v) is 1.41. The Balaban J connectivity index is 2.57. The summed E-state index contributed by atoms with van der Waals surface area (Å²) >= 11 is 0. The molecule has 1 unspecified atom stereocenters. The molecule has 0 spiro atoms. The number of carbonyl (C=O) groups is 1. The van der Waals surface area contributed by atoms with E-state index in [0.717, 1.165) is 12.0 Å². The molecule has 0 N–H and O–H groups in total. The molecule has 82 valence electrons. The lowest BCUT2D eigenvalue weighted by atomic mass is 10.1. The predicted octanol–water partition coefficient (Wildman–Crippen LogP) is 2.60. The Morgan fingerprint density at radius 3 is 2.47 bits per heavy atom. The quantitative estimate of drug-likeness (QED) is 0.689. The van der Waals surface area contributed by atoms with Gasteiger partial charge in [-0.2, -0.15) is 0 Å². The molecule has 0 radical (unpaired) electrons. The lowest BCUT2D eigenvalue weighted by molar-refractivity contribution is 0.0923. The van der Waals surface area contributed by atoms with E-state index in [9.17, 15) is 4.79 Å². The van der Waals surface area contributed by atoms with Gasteiger partial charge in [-0.15, -0.1) is 0 Å². The van der Waals surface area contributed by atoms with E-state index >= 15 is 0 Å². The van der Waals surface area contributed by atoms with Gasteiger partial charge >= 0.3 is 0 Å². The summed E-state index contributed by atoms with van der Waals surface area (Å²) in [6.45, 7) is 4.77. The second-order valence-electron chi connectivity index (χ2n) is 3.96. The summed E-state index contributed by atoms with van der Waals surface area (Å²) in [5, 5.41) is 0. The predicted molar refractivity (Wildman–Crippen MR) is 63.2 cm³/mol. The third-order valence-electron chi connectivity index (χ3n) is 2.83. The maximum absolute atomic E-state index is 11.8. The zero-order chi connectivity index (χ0) is 11.3. The van der Waals surface area contributed by atoms with Crippen molar-refractivity contribution in [2.75, 3.05) is 13.6 Å². The molecule has 1 aromatic carbocycles. The topological polar surface area (TPSA) is 20.3 Å². The van der Waals surface area contributed by atoms with Crippen LogP contribution in [-0.4, -0.2) is 30.3 Å². The molecule has 0 saturated carbocycles. The number of hydrogen-bond acceptors (Lipinski definition) is 2. The van der Waals surface area contributed by atoms with Crippen LogP contribution in [0.2, 0.25) is 0 Å². The van der Waals surface area contributed by atoms with Gasteiger partial charge in [-0.3, -0.25) is 9.69 Å². The molecule has 0 aliphatic rings. The van der Waals surface area contributed by atoms with Crippen LogP contribution in [-0.2, 0) is 0 Å². The van der Waals surface area contributed by atoms with E-state index in [-0.39, 0.29) is 5.78 Å². The van der Waals surface area contributed by atoms with E-state index < -0.39 is 0 Å². The van der Waals surface area contributed by atoms with Crippen LogP contribution in [0.1, 0.15) is 30.6 Å². The second-order valence-corrected chi connectivity index (χ2v) is 3.96. The Labute approximate surface area is 91.9 Å². The molecule has 0 aliphatic carbocycles. The number of nitrogens with zero attached hydrogens (tertiary/aromatic N) is 1. The fourth-order valence-electron chi connectivity index (χ4n) is 1.41. The smallest absolute Gasteiger partial charge is 0.176 e. The first-order valence-corrected chi connectivity index (χ1v) is 5.43. The zero-order valence-corrected chi connectivity index (χ0v) is 9.73. The molecular formula is C13H19NO. The standard InChI is InChI=1S/C13H19NO/c1-4-11(2)14(3)10-13(15)12-8-6-5-7-9-12/h5-9,11H,4,10H2,1-3H3. The molecule has 0 bridgehead atoms. The van der Waals surface area contributed by atoms with Crippen LogP contribution >= 0.6 is 0 Å². The summed E-state index contributed by atoms with van der Waals surface area (Å²) in [5.41, 5.74) is 0.799. The van der Waals surface area contributed by atoms with Gasteiger partial charge in [0.25, 0.3) is 0 Å². The summed E-state index contributed by atoms with van der Waals surface area (Å²) in [7, 11) is 2.00. The second kappa shape index (κ2) is 5.66. The molecule has 0 aliphatic heterocycles. The normalized spacial score (nSPS) is 12.8. The molecule has 1 atom stereocenters. The molecule has 1 rings (SSSR count). The van der Waals surface area contributed by atoms with Crippen molar-refractivity contribution in [2.24, 2.45) is 0 Å². The highest BCUT2D eigenvalue weighted by Crippen LogP contribution is 2.04. The third-order valence-corrected chi connectivity index (χ3v) is 2.83. The van der Waals surface area contributed by atoms with Crippen molar-refractivity contribution in [1.82, 2.24) is 4.90 Å². The number of likely N-dealkylation sites (N-methyl/N-ethyl adjacent to an activating group) is 1. The van der Waals surface area contributed by atoms with Crippen LogP contribution < -0.4 is 0 Å². The summed E-state index contributed by atoms with van der Waals surface area (Å²) in [6.07, 6.45) is 1.07. The molecule has 15 heavy (non-hydrogen) atoms. The van der Waals surface area contributed by atoms with Gasteiger partial charge < -0.3 is 0 Å². The van der Waals surface area contributed by atoms with Crippen LogP contribution in [0.4, 0.5) is 0 Å². The van der Waals surface area contributed by atoms with Gasteiger partial charge in [0.15, 0.2) is 5.78 Å². The van der Waals surface area contributed by atoms with Crippen LogP contribution in [0.3, 0.4) is 0 Å². The highest BCUT2D eigenvalue weighted by Gasteiger charge is 2.12. The van der Waals surface area contributed by atoms with Crippen molar-refractivity contribution < 1.29 is 4.79 Å². The Bertz CT molecular complexity index is 308.